The zero-order chi connectivity index (χ0) is 20.4. The summed E-state index contributed by atoms with van der Waals surface area (Å²) in [6, 6.07) is 22.6. The Morgan fingerprint density at radius 2 is 1.55 bits per heavy atom. The lowest BCUT2D eigenvalue weighted by Crippen LogP contribution is -2.19. The highest BCUT2D eigenvalue weighted by Crippen LogP contribution is 2.25. The van der Waals surface area contributed by atoms with Crippen LogP contribution >= 0.6 is 0 Å². The number of amides is 1. The van der Waals surface area contributed by atoms with Gasteiger partial charge < -0.3 is 9.84 Å². The van der Waals surface area contributed by atoms with E-state index in [-0.39, 0.29) is 11.3 Å². The first-order valence-corrected chi connectivity index (χ1v) is 9.20. The van der Waals surface area contributed by atoms with E-state index in [0.29, 0.717) is 5.71 Å². The molecular formula is C24H20N2O3. The maximum atomic E-state index is 12.5. The topological polar surface area (TPSA) is 70.9 Å². The summed E-state index contributed by atoms with van der Waals surface area (Å²) >= 11 is 0. The average molecular weight is 384 g/mol. The summed E-state index contributed by atoms with van der Waals surface area (Å²) in [5, 5.41) is 18.3. The number of benzene rings is 4. The Balaban J connectivity index is 1.57. The van der Waals surface area contributed by atoms with Gasteiger partial charge in [0.15, 0.2) is 0 Å². The monoisotopic (exact) mass is 384 g/mol. The van der Waals surface area contributed by atoms with E-state index in [2.05, 4.69) is 10.5 Å². The molecule has 4 aromatic rings. The van der Waals surface area contributed by atoms with Crippen LogP contribution < -0.4 is 10.2 Å². The third-order valence-corrected chi connectivity index (χ3v) is 4.90. The van der Waals surface area contributed by atoms with Crippen LogP contribution in [0, 0.1) is 0 Å². The molecular weight excluding hydrogens is 364 g/mol. The highest BCUT2D eigenvalue weighted by Gasteiger charge is 2.12. The highest BCUT2D eigenvalue weighted by atomic mass is 16.5. The molecule has 0 aliphatic carbocycles. The van der Waals surface area contributed by atoms with Gasteiger partial charge in [-0.15, -0.1) is 0 Å². The van der Waals surface area contributed by atoms with Crippen molar-refractivity contribution in [3.8, 4) is 11.5 Å². The summed E-state index contributed by atoms with van der Waals surface area (Å²) in [5.41, 5.74) is 4.28. The Labute approximate surface area is 168 Å². The minimum absolute atomic E-state index is 0.0753. The van der Waals surface area contributed by atoms with Gasteiger partial charge in [-0.05, 0) is 64.4 Å². The van der Waals surface area contributed by atoms with Crippen molar-refractivity contribution in [2.45, 2.75) is 6.92 Å². The number of rotatable bonds is 4. The number of phenolic OH excluding ortho intramolecular Hbond substituents is 1. The Morgan fingerprint density at radius 1 is 0.897 bits per heavy atom. The number of hydrazone groups is 1. The highest BCUT2D eigenvalue weighted by molar-refractivity contribution is 6.05. The molecule has 4 rings (SSSR count). The Morgan fingerprint density at radius 3 is 2.31 bits per heavy atom. The number of methoxy groups -OCH3 is 1. The van der Waals surface area contributed by atoms with Crippen LogP contribution in [0.5, 0.6) is 11.5 Å². The lowest BCUT2D eigenvalue weighted by molar-refractivity contribution is 0.0952. The number of fused-ring (bicyclic) bond motifs is 2. The standard InChI is InChI=1S/C24H20N2O3/c1-15(16-7-8-20-12-21(29-2)10-9-19(20)11-16)25-26-24(28)22-13-17-5-3-4-6-18(17)14-23(22)27/h3-14,27H,1-2H3,(H,26,28)/b25-15-. The van der Waals surface area contributed by atoms with Gasteiger partial charge in [0, 0.05) is 0 Å². The minimum atomic E-state index is -0.460. The van der Waals surface area contributed by atoms with Crippen molar-refractivity contribution >= 4 is 33.2 Å². The van der Waals surface area contributed by atoms with Crippen LogP contribution in [0.1, 0.15) is 22.8 Å². The summed E-state index contributed by atoms with van der Waals surface area (Å²) in [5.74, 6) is 0.268. The molecule has 0 unspecified atom stereocenters. The first-order valence-electron chi connectivity index (χ1n) is 9.20. The molecule has 0 aliphatic rings. The summed E-state index contributed by atoms with van der Waals surface area (Å²) in [6.45, 7) is 1.82. The van der Waals surface area contributed by atoms with Crippen LogP contribution in [0.25, 0.3) is 21.5 Å². The second kappa shape index (κ2) is 7.64. The average Bonchev–Trinajstić information content (AvgIpc) is 2.75. The Kier molecular flexibility index (Phi) is 4.87. The molecule has 0 spiro atoms. The third-order valence-electron chi connectivity index (χ3n) is 4.90. The second-order valence-electron chi connectivity index (χ2n) is 6.78. The van der Waals surface area contributed by atoms with Gasteiger partial charge in [-0.1, -0.05) is 42.5 Å². The van der Waals surface area contributed by atoms with Gasteiger partial charge in [-0.25, -0.2) is 5.43 Å². The van der Waals surface area contributed by atoms with Crippen molar-refractivity contribution in [3.63, 3.8) is 0 Å². The van der Waals surface area contributed by atoms with Gasteiger partial charge in [0.05, 0.1) is 18.4 Å². The largest absolute Gasteiger partial charge is 0.507 e. The fourth-order valence-electron chi connectivity index (χ4n) is 3.25. The number of hydrogen-bond donors (Lipinski definition) is 2. The van der Waals surface area contributed by atoms with Gasteiger partial charge in [-0.3, -0.25) is 4.79 Å². The van der Waals surface area contributed by atoms with Crippen LogP contribution in [0.15, 0.2) is 77.9 Å². The second-order valence-corrected chi connectivity index (χ2v) is 6.78. The van der Waals surface area contributed by atoms with Crippen molar-refractivity contribution < 1.29 is 14.6 Å². The van der Waals surface area contributed by atoms with Gasteiger partial charge in [0.25, 0.3) is 5.91 Å². The van der Waals surface area contributed by atoms with Crippen molar-refractivity contribution in [1.29, 1.82) is 0 Å². The smallest absolute Gasteiger partial charge is 0.275 e. The number of nitrogens with zero attached hydrogens (tertiary/aromatic N) is 1. The zero-order valence-electron chi connectivity index (χ0n) is 16.1. The molecule has 144 valence electrons. The number of nitrogens with one attached hydrogen (secondary N) is 1. The fourth-order valence-corrected chi connectivity index (χ4v) is 3.25. The van der Waals surface area contributed by atoms with E-state index in [1.54, 1.807) is 19.2 Å². The normalized spacial score (nSPS) is 11.6. The first kappa shape index (κ1) is 18.5. The number of aromatic hydroxyl groups is 1. The zero-order valence-corrected chi connectivity index (χ0v) is 16.1. The Hall–Kier alpha value is -3.86. The molecule has 0 heterocycles. The number of phenols is 1. The van der Waals surface area contributed by atoms with E-state index < -0.39 is 5.91 Å². The minimum Gasteiger partial charge on any atom is -0.507 e. The van der Waals surface area contributed by atoms with Crippen LogP contribution in [-0.2, 0) is 0 Å². The van der Waals surface area contributed by atoms with E-state index in [4.69, 9.17) is 4.74 Å². The van der Waals surface area contributed by atoms with Crippen molar-refractivity contribution in [1.82, 2.24) is 5.43 Å². The van der Waals surface area contributed by atoms with Gasteiger partial charge >= 0.3 is 0 Å². The molecule has 0 atom stereocenters. The maximum absolute atomic E-state index is 12.5. The molecule has 1 amide bonds. The predicted molar refractivity (Wildman–Crippen MR) is 116 cm³/mol. The number of hydrogen-bond acceptors (Lipinski definition) is 4. The molecule has 0 saturated carbocycles. The number of ether oxygens (including phenoxy) is 1. The quantitative estimate of drug-likeness (QED) is 0.390. The summed E-state index contributed by atoms with van der Waals surface area (Å²) < 4.78 is 5.25. The summed E-state index contributed by atoms with van der Waals surface area (Å²) in [7, 11) is 1.64. The van der Waals surface area contributed by atoms with Crippen molar-refractivity contribution in [2.75, 3.05) is 7.11 Å². The van der Waals surface area contributed by atoms with Crippen molar-refractivity contribution in [3.05, 3.63) is 83.9 Å². The fraction of sp³-hybridized carbons (Fsp3) is 0.0833. The molecule has 0 saturated heterocycles. The molecule has 0 aromatic heterocycles. The lowest BCUT2D eigenvalue weighted by atomic mass is 10.0. The predicted octanol–water partition coefficient (Wildman–Crippen LogP) is 4.86. The maximum Gasteiger partial charge on any atom is 0.275 e. The lowest BCUT2D eigenvalue weighted by Gasteiger charge is -2.08. The molecule has 0 fully saturated rings. The number of carbonyl (C=O) groups is 1. The molecule has 0 aliphatic heterocycles. The molecule has 5 heteroatoms. The van der Waals surface area contributed by atoms with E-state index >= 15 is 0 Å². The van der Waals surface area contributed by atoms with E-state index in [9.17, 15) is 9.90 Å². The third kappa shape index (κ3) is 3.75. The molecule has 2 N–H and O–H groups in total. The summed E-state index contributed by atoms with van der Waals surface area (Å²) in [6.07, 6.45) is 0. The van der Waals surface area contributed by atoms with Crippen LogP contribution in [0.3, 0.4) is 0 Å². The molecule has 0 bridgehead atoms. The molecule has 29 heavy (non-hydrogen) atoms. The van der Waals surface area contributed by atoms with Crippen LogP contribution in [0.4, 0.5) is 0 Å². The molecule has 0 radical (unpaired) electrons. The van der Waals surface area contributed by atoms with Gasteiger partial charge in [0.2, 0.25) is 0 Å². The van der Waals surface area contributed by atoms with Crippen LogP contribution in [0.2, 0.25) is 0 Å². The van der Waals surface area contributed by atoms with Gasteiger partial charge in [-0.2, -0.15) is 5.10 Å². The van der Waals surface area contributed by atoms with E-state index in [1.165, 1.54) is 0 Å². The molecule has 5 nitrogen and oxygen atoms in total. The summed E-state index contributed by atoms with van der Waals surface area (Å²) in [4.78, 5) is 12.5. The van der Waals surface area contributed by atoms with Crippen LogP contribution in [-0.4, -0.2) is 23.8 Å². The number of carbonyl (C=O) groups excluding carboxylic acids is 1. The van der Waals surface area contributed by atoms with Crippen molar-refractivity contribution in [2.24, 2.45) is 5.10 Å². The van der Waals surface area contributed by atoms with E-state index in [1.807, 2.05) is 67.6 Å². The Bertz CT molecular complexity index is 1260. The van der Waals surface area contributed by atoms with E-state index in [0.717, 1.165) is 32.9 Å². The first-order chi connectivity index (χ1) is 14.0. The SMILES string of the molecule is COc1ccc2cc(/C(C)=N\NC(=O)c3cc4ccccc4cc3O)ccc2c1. The molecule has 4 aromatic carbocycles. The van der Waals surface area contributed by atoms with Gasteiger partial charge in [0.1, 0.15) is 11.5 Å².